The number of rotatable bonds is 13. The highest BCUT2D eigenvalue weighted by molar-refractivity contribution is 14.1. The van der Waals surface area contributed by atoms with Gasteiger partial charge in [0.1, 0.15) is 0 Å². The molecule has 0 aliphatic rings. The largest absolute Gasteiger partial charge is 0.197 e. The molecule has 0 N–H and O–H groups in total. The lowest BCUT2D eigenvalue weighted by atomic mass is 10.0. The van der Waals surface area contributed by atoms with Crippen LogP contribution in [0.5, 0.6) is 0 Å². The van der Waals surface area contributed by atoms with Crippen LogP contribution >= 0.6 is 36.1 Å². The van der Waals surface area contributed by atoms with Gasteiger partial charge in [-0.15, -0.1) is 0 Å². The van der Waals surface area contributed by atoms with E-state index in [0.717, 1.165) is 3.92 Å². The van der Waals surface area contributed by atoms with Gasteiger partial charge in [0.15, 0.2) is 0 Å². The molecule has 0 aromatic heterocycles. The predicted octanol–water partition coefficient (Wildman–Crippen LogP) is 7.46. The van der Waals surface area contributed by atoms with Crippen molar-refractivity contribution in [3.8, 4) is 0 Å². The van der Waals surface area contributed by atoms with E-state index in [1.165, 1.54) is 82.6 Å². The second-order valence-electron chi connectivity index (χ2n) is 6.26. The monoisotopic (exact) mass is 434 g/mol. The van der Waals surface area contributed by atoms with E-state index in [2.05, 4.69) is 59.8 Å². The van der Waals surface area contributed by atoms with Gasteiger partial charge in [-0.2, -0.15) is 13.5 Å². The fraction of sp³-hybridized carbons (Fsp3) is 0.700. The first-order chi connectivity index (χ1) is 10.3. The molecule has 1 atom stereocenters. The Morgan fingerprint density at radius 2 is 1.27 bits per heavy atom. The van der Waals surface area contributed by atoms with Gasteiger partial charge in [-0.25, -0.2) is 0 Å². The van der Waals surface area contributed by atoms with E-state index >= 15 is 0 Å². The third-order valence-electron chi connectivity index (χ3n) is 4.17. The lowest BCUT2D eigenvalue weighted by Crippen LogP contribution is -2.02. The maximum atomic E-state index is 2.63. The van der Waals surface area contributed by atoms with Gasteiger partial charge in [-0.1, -0.05) is 124 Å². The first kappa shape index (κ1) is 22.3. The molecule has 1 aromatic carbocycles. The summed E-state index contributed by atoms with van der Waals surface area (Å²) in [5.41, 5.74) is 1.49. The molecule has 0 bridgehead atoms. The molecule has 0 aliphatic heterocycles. The van der Waals surface area contributed by atoms with Crippen LogP contribution in [0.2, 0.25) is 0 Å². The molecule has 1 rings (SSSR count). The molecule has 0 saturated heterocycles. The van der Waals surface area contributed by atoms with Crippen LogP contribution in [0.15, 0.2) is 30.3 Å². The molecule has 0 radical (unpaired) electrons. The first-order valence-electron chi connectivity index (χ1n) is 9.01. The minimum absolute atomic E-state index is 0. The van der Waals surface area contributed by atoms with E-state index in [1.807, 2.05) is 0 Å². The van der Waals surface area contributed by atoms with Crippen LogP contribution in [0.1, 0.15) is 83.1 Å². The number of unbranched alkanes of at least 4 members (excludes halogenated alkanes) is 9. The number of benzene rings is 1. The van der Waals surface area contributed by atoms with Crippen molar-refractivity contribution in [2.24, 2.45) is 0 Å². The molecule has 0 saturated carbocycles. The molecule has 1 unspecified atom stereocenters. The second-order valence-corrected chi connectivity index (χ2v) is 8.02. The molecule has 0 amide bonds. The Morgan fingerprint density at radius 1 is 0.773 bits per heavy atom. The van der Waals surface area contributed by atoms with E-state index in [1.54, 1.807) is 0 Å². The highest BCUT2D eigenvalue weighted by atomic mass is 127. The zero-order valence-electron chi connectivity index (χ0n) is 14.3. The summed E-state index contributed by atoms with van der Waals surface area (Å²) in [4.78, 5) is 0. The lowest BCUT2D eigenvalue weighted by Gasteiger charge is -2.09. The number of hydrogen-bond donors (Lipinski definition) is 0. The molecule has 128 valence electrons. The van der Waals surface area contributed by atoms with Gasteiger partial charge < -0.3 is 0 Å². The number of hydrogen-bond acceptors (Lipinski definition) is 0. The number of alkyl halides is 1. The topological polar surface area (TPSA) is 0 Å². The summed E-state index contributed by atoms with van der Waals surface area (Å²) in [7, 11) is 0. The summed E-state index contributed by atoms with van der Waals surface area (Å²) < 4.78 is 0.805. The van der Waals surface area contributed by atoms with Crippen molar-refractivity contribution in [2.45, 2.75) is 87.9 Å². The molecular formula is C20H35IS. The van der Waals surface area contributed by atoms with Crippen molar-refractivity contribution < 1.29 is 0 Å². The zero-order valence-corrected chi connectivity index (χ0v) is 17.5. The molecule has 22 heavy (non-hydrogen) atoms. The SMILES string of the molecule is CCCCCCCCCCCCC(I)Cc1ccccc1.S. The molecule has 2 heteroatoms. The fourth-order valence-corrected chi connectivity index (χ4v) is 3.77. The van der Waals surface area contributed by atoms with Crippen molar-refractivity contribution in [2.75, 3.05) is 0 Å². The average molecular weight is 434 g/mol. The summed E-state index contributed by atoms with van der Waals surface area (Å²) in [5.74, 6) is 0. The molecule has 0 nitrogen and oxygen atoms in total. The Labute approximate surface area is 159 Å². The zero-order chi connectivity index (χ0) is 15.2. The van der Waals surface area contributed by atoms with Crippen molar-refractivity contribution in [1.82, 2.24) is 0 Å². The Kier molecular flexibility index (Phi) is 16.4. The van der Waals surface area contributed by atoms with Crippen LogP contribution in [-0.4, -0.2) is 3.92 Å². The quantitative estimate of drug-likeness (QED) is 0.172. The summed E-state index contributed by atoms with van der Waals surface area (Å²) in [5, 5.41) is 0. The Morgan fingerprint density at radius 3 is 1.82 bits per heavy atom. The van der Waals surface area contributed by atoms with Gasteiger partial charge in [0, 0.05) is 3.92 Å². The van der Waals surface area contributed by atoms with Gasteiger partial charge >= 0.3 is 0 Å². The molecule has 0 aliphatic carbocycles. The van der Waals surface area contributed by atoms with Crippen LogP contribution in [0, 0.1) is 0 Å². The van der Waals surface area contributed by atoms with Crippen LogP contribution in [-0.2, 0) is 6.42 Å². The molecule has 0 fully saturated rings. The van der Waals surface area contributed by atoms with Crippen LogP contribution in [0.3, 0.4) is 0 Å². The van der Waals surface area contributed by atoms with E-state index in [-0.39, 0.29) is 13.5 Å². The van der Waals surface area contributed by atoms with Gasteiger partial charge in [0.2, 0.25) is 0 Å². The third-order valence-corrected chi connectivity index (χ3v) is 5.23. The standard InChI is InChI=1S/C20H33I.H2S/c1-2-3-4-5-6-7-8-9-10-14-17-20(21)18-19-15-12-11-13-16-19;/h11-13,15-16,20H,2-10,14,17-18H2,1H3;1H2. The Balaban J connectivity index is 0.00000441. The first-order valence-corrected chi connectivity index (χ1v) is 10.3. The minimum Gasteiger partial charge on any atom is -0.197 e. The highest BCUT2D eigenvalue weighted by Crippen LogP contribution is 2.18. The molecular weight excluding hydrogens is 399 g/mol. The van der Waals surface area contributed by atoms with Crippen molar-refractivity contribution >= 4 is 36.1 Å². The van der Waals surface area contributed by atoms with Crippen LogP contribution < -0.4 is 0 Å². The molecule has 1 aromatic rings. The third kappa shape index (κ3) is 12.8. The molecule has 0 heterocycles. The fourth-order valence-electron chi connectivity index (χ4n) is 2.83. The van der Waals surface area contributed by atoms with E-state index < -0.39 is 0 Å². The summed E-state index contributed by atoms with van der Waals surface area (Å²) in [6, 6.07) is 10.9. The lowest BCUT2D eigenvalue weighted by molar-refractivity contribution is 0.548. The number of halogens is 1. The van der Waals surface area contributed by atoms with Gasteiger partial charge in [-0.3, -0.25) is 0 Å². The smallest absolute Gasteiger partial charge is 0.0150 e. The van der Waals surface area contributed by atoms with Gasteiger partial charge in [-0.05, 0) is 18.4 Å². The summed E-state index contributed by atoms with van der Waals surface area (Å²) in [6.07, 6.45) is 17.0. The van der Waals surface area contributed by atoms with Gasteiger partial charge in [0.05, 0.1) is 0 Å². The summed E-state index contributed by atoms with van der Waals surface area (Å²) in [6.45, 7) is 2.29. The van der Waals surface area contributed by atoms with E-state index in [4.69, 9.17) is 0 Å². The maximum Gasteiger partial charge on any atom is 0.0150 e. The normalized spacial score (nSPS) is 11.9. The van der Waals surface area contributed by atoms with Gasteiger partial charge in [0.25, 0.3) is 0 Å². The predicted molar refractivity (Wildman–Crippen MR) is 115 cm³/mol. The summed E-state index contributed by atoms with van der Waals surface area (Å²) >= 11 is 2.63. The molecule has 0 spiro atoms. The van der Waals surface area contributed by atoms with Crippen molar-refractivity contribution in [3.05, 3.63) is 35.9 Å². The minimum atomic E-state index is 0. The van der Waals surface area contributed by atoms with Crippen molar-refractivity contribution in [1.29, 1.82) is 0 Å². The Hall–Kier alpha value is 0.300. The van der Waals surface area contributed by atoms with Crippen molar-refractivity contribution in [3.63, 3.8) is 0 Å². The van der Waals surface area contributed by atoms with E-state index in [0.29, 0.717) is 0 Å². The van der Waals surface area contributed by atoms with Crippen LogP contribution in [0.4, 0.5) is 0 Å². The second kappa shape index (κ2) is 16.2. The Bertz CT molecular complexity index is 326. The van der Waals surface area contributed by atoms with Crippen LogP contribution in [0.25, 0.3) is 0 Å². The maximum absolute atomic E-state index is 2.63. The van der Waals surface area contributed by atoms with E-state index in [9.17, 15) is 0 Å². The highest BCUT2D eigenvalue weighted by Gasteiger charge is 2.04. The average Bonchev–Trinajstić information content (AvgIpc) is 2.50.